The molecule has 0 aromatic heterocycles. The van der Waals surface area contributed by atoms with Gasteiger partial charge in [0.15, 0.2) is 0 Å². The maximum atomic E-state index is 2.47. The third-order valence-corrected chi connectivity index (χ3v) is 28.6. The zero-order chi connectivity index (χ0) is 46.5. The van der Waals surface area contributed by atoms with Gasteiger partial charge in [-0.2, -0.15) is 0 Å². The van der Waals surface area contributed by atoms with Crippen LogP contribution >= 0.6 is 0 Å². The number of hydrogen-bond acceptors (Lipinski definition) is 0. The fourth-order valence-electron chi connectivity index (χ4n) is 7.49. The first-order valence-electron chi connectivity index (χ1n) is 23.2. The van der Waals surface area contributed by atoms with Crippen LogP contribution in [0.15, 0.2) is 158 Å². The Morgan fingerprint density at radius 3 is 0.645 bits per heavy atom. The lowest BCUT2D eigenvalue weighted by Crippen LogP contribution is -2.46. The van der Waals surface area contributed by atoms with E-state index in [-0.39, 0.29) is 0 Å². The molecule has 4 heteroatoms. The van der Waals surface area contributed by atoms with Crippen LogP contribution in [0.25, 0.3) is 0 Å². The standard InChI is InChI=1S/2C17H22Si.2C12H20Si/c2*1-14-10-12-16(13-11-14)15(2)18(3,4)17-8-6-5-7-9-17;2*1-10-6-8-12(9-7-10)11(2)13(3,4)5/h2*5-13,15H,1-4H3;2*6-9,11H,1-5H3. The molecule has 0 aliphatic rings. The Balaban J connectivity index is 0.000000223. The van der Waals surface area contributed by atoms with Crippen molar-refractivity contribution in [3.8, 4) is 0 Å². The van der Waals surface area contributed by atoms with Gasteiger partial charge in [-0.1, -0.05) is 284 Å². The minimum absolute atomic E-state index is 0.639. The molecule has 332 valence electrons. The van der Waals surface area contributed by atoms with Crippen LogP contribution in [0.4, 0.5) is 0 Å². The van der Waals surface area contributed by atoms with Crippen molar-refractivity contribution in [1.82, 2.24) is 0 Å². The summed E-state index contributed by atoms with van der Waals surface area (Å²) >= 11 is 0. The Hall–Kier alpha value is -3.81. The summed E-state index contributed by atoms with van der Waals surface area (Å²) in [6.07, 6.45) is 0. The average molecular weight is 894 g/mol. The molecule has 0 saturated heterocycles. The molecule has 6 aromatic rings. The number of aryl methyl sites for hydroxylation is 4. The smallest absolute Gasteiger partial charge is 0.0691 e. The lowest BCUT2D eigenvalue weighted by Gasteiger charge is -2.30. The first-order valence-corrected chi connectivity index (χ1v) is 36.5. The van der Waals surface area contributed by atoms with Gasteiger partial charge >= 0.3 is 0 Å². The Bertz CT molecular complexity index is 1990. The Morgan fingerprint density at radius 1 is 0.258 bits per heavy atom. The zero-order valence-corrected chi connectivity index (χ0v) is 46.3. The van der Waals surface area contributed by atoms with Crippen molar-refractivity contribution >= 4 is 42.7 Å². The van der Waals surface area contributed by atoms with Gasteiger partial charge in [0.2, 0.25) is 0 Å². The van der Waals surface area contributed by atoms with Gasteiger partial charge in [-0.05, 0) is 72.1 Å². The van der Waals surface area contributed by atoms with E-state index in [1.54, 1.807) is 0 Å². The summed E-state index contributed by atoms with van der Waals surface area (Å²) < 4.78 is 0. The molecule has 0 amide bonds. The third kappa shape index (κ3) is 15.8. The van der Waals surface area contributed by atoms with Crippen molar-refractivity contribution in [3.63, 3.8) is 0 Å². The monoisotopic (exact) mass is 893 g/mol. The normalized spacial score (nSPS) is 13.7. The molecular formula is C58H84Si4. The molecule has 0 spiro atoms. The van der Waals surface area contributed by atoms with Crippen molar-refractivity contribution in [2.24, 2.45) is 0 Å². The van der Waals surface area contributed by atoms with E-state index in [4.69, 9.17) is 0 Å². The van der Waals surface area contributed by atoms with Crippen molar-refractivity contribution in [1.29, 1.82) is 0 Å². The first kappa shape index (κ1) is 52.5. The van der Waals surface area contributed by atoms with Crippen LogP contribution in [-0.4, -0.2) is 32.3 Å². The maximum Gasteiger partial charge on any atom is 0.0877 e. The molecule has 0 bridgehead atoms. The van der Waals surface area contributed by atoms with Gasteiger partial charge in [0, 0.05) is 0 Å². The molecule has 0 aliphatic carbocycles. The molecule has 4 atom stereocenters. The van der Waals surface area contributed by atoms with Crippen LogP contribution < -0.4 is 10.4 Å². The van der Waals surface area contributed by atoms with Gasteiger partial charge in [-0.3, -0.25) is 0 Å². The molecule has 0 aliphatic heterocycles. The highest BCUT2D eigenvalue weighted by Gasteiger charge is 2.32. The molecule has 6 rings (SSSR count). The topological polar surface area (TPSA) is 0 Å². The lowest BCUT2D eigenvalue weighted by molar-refractivity contribution is 1.02. The number of hydrogen-bond donors (Lipinski definition) is 0. The van der Waals surface area contributed by atoms with E-state index in [1.165, 1.54) is 54.9 Å². The van der Waals surface area contributed by atoms with Gasteiger partial charge in [0.25, 0.3) is 0 Å². The highest BCUT2D eigenvalue weighted by molar-refractivity contribution is 6.91. The van der Waals surface area contributed by atoms with E-state index in [1.807, 2.05) is 0 Å². The summed E-state index contributed by atoms with van der Waals surface area (Å²) in [6, 6.07) is 58.0. The zero-order valence-electron chi connectivity index (χ0n) is 42.3. The molecule has 62 heavy (non-hydrogen) atoms. The van der Waals surface area contributed by atoms with E-state index in [0.29, 0.717) is 11.1 Å². The highest BCUT2D eigenvalue weighted by atomic mass is 28.3. The molecule has 0 radical (unpaired) electrons. The second-order valence-electron chi connectivity index (χ2n) is 21.4. The van der Waals surface area contributed by atoms with E-state index < -0.39 is 32.3 Å². The second-order valence-corrected chi connectivity index (χ2v) is 42.4. The van der Waals surface area contributed by atoms with Gasteiger partial charge in [-0.25, -0.2) is 0 Å². The summed E-state index contributed by atoms with van der Waals surface area (Å²) in [5, 5.41) is 3.08. The molecule has 6 aromatic carbocycles. The van der Waals surface area contributed by atoms with Crippen molar-refractivity contribution < 1.29 is 0 Å². The first-order chi connectivity index (χ1) is 28.8. The minimum atomic E-state index is -1.44. The fraction of sp³-hybridized carbons (Fsp3) is 0.379. The summed E-state index contributed by atoms with van der Waals surface area (Å²) in [7, 11) is -4.92. The second kappa shape index (κ2) is 23.2. The predicted molar refractivity (Wildman–Crippen MR) is 292 cm³/mol. The molecular weight excluding hydrogens is 809 g/mol. The van der Waals surface area contributed by atoms with Crippen molar-refractivity contribution in [3.05, 3.63) is 202 Å². The SMILES string of the molecule is Cc1ccc(C(C)[Si](C)(C)C)cc1.Cc1ccc(C(C)[Si](C)(C)C)cc1.Cc1ccc(C(C)[Si](C)(C)c2ccccc2)cc1.Cc1ccc(C(C)[Si](C)(C)c2ccccc2)cc1. The van der Waals surface area contributed by atoms with Gasteiger partial charge in [-0.15, -0.1) is 0 Å². The molecule has 0 fully saturated rings. The largest absolute Gasteiger partial charge is 0.0877 e. The molecule has 0 nitrogen and oxygen atoms in total. The molecule has 0 N–H and O–H groups in total. The Kier molecular flexibility index (Phi) is 19.7. The summed E-state index contributed by atoms with van der Waals surface area (Å²) in [5.74, 6) is 0. The molecule has 0 saturated carbocycles. The lowest BCUT2D eigenvalue weighted by atomic mass is 10.1. The molecule has 0 heterocycles. The van der Waals surface area contributed by atoms with Crippen LogP contribution in [0.3, 0.4) is 0 Å². The van der Waals surface area contributed by atoms with Crippen molar-refractivity contribution in [2.45, 2.75) is 143 Å². The van der Waals surface area contributed by atoms with Crippen molar-refractivity contribution in [2.75, 3.05) is 0 Å². The molecule has 4 unspecified atom stereocenters. The Labute approximate surface area is 385 Å². The van der Waals surface area contributed by atoms with Crippen LogP contribution in [0, 0.1) is 27.7 Å². The van der Waals surface area contributed by atoms with Crippen LogP contribution in [-0.2, 0) is 0 Å². The third-order valence-electron chi connectivity index (χ3n) is 14.1. The van der Waals surface area contributed by atoms with Crippen LogP contribution in [0.5, 0.6) is 0 Å². The van der Waals surface area contributed by atoms with Gasteiger partial charge in [0.05, 0.1) is 32.3 Å². The van der Waals surface area contributed by atoms with E-state index >= 15 is 0 Å². The predicted octanol–water partition coefficient (Wildman–Crippen LogP) is 16.5. The highest BCUT2D eigenvalue weighted by Crippen LogP contribution is 2.29. The van der Waals surface area contributed by atoms with Crippen LogP contribution in [0.2, 0.25) is 65.5 Å². The maximum absolute atomic E-state index is 2.47. The van der Waals surface area contributed by atoms with Gasteiger partial charge < -0.3 is 0 Å². The van der Waals surface area contributed by atoms with Gasteiger partial charge in [0.1, 0.15) is 0 Å². The summed E-state index contributed by atoms with van der Waals surface area (Å²) in [4.78, 5) is 0. The van der Waals surface area contributed by atoms with E-state index in [9.17, 15) is 0 Å². The number of benzene rings is 6. The summed E-state index contributed by atoms with van der Waals surface area (Å²) in [5.41, 5.74) is 14.1. The van der Waals surface area contributed by atoms with Crippen LogP contribution in [0.1, 0.15) is 94.4 Å². The summed E-state index contributed by atoms with van der Waals surface area (Å²) in [6.45, 7) is 42.5. The quantitative estimate of drug-likeness (QED) is 0.120. The van der Waals surface area contributed by atoms with E-state index in [2.05, 4.69) is 279 Å². The minimum Gasteiger partial charge on any atom is -0.0691 e. The average Bonchev–Trinajstić information content (AvgIpc) is 3.24. The fourth-order valence-corrected chi connectivity index (χ4v) is 15.0. The Morgan fingerprint density at radius 2 is 0.452 bits per heavy atom. The van der Waals surface area contributed by atoms with E-state index in [0.717, 1.165) is 11.1 Å². The number of rotatable bonds is 10.